The molecule has 1 heterocycles. The van der Waals surface area contributed by atoms with Crippen molar-refractivity contribution >= 4 is 21.8 Å². The van der Waals surface area contributed by atoms with Gasteiger partial charge in [0.05, 0.1) is 0 Å². The number of rotatable bonds is 3. The van der Waals surface area contributed by atoms with Crippen molar-refractivity contribution in [2.45, 2.75) is 13.8 Å². The molecule has 2 aromatic rings. The molecule has 0 radical (unpaired) electrons. The third-order valence-electron chi connectivity index (χ3n) is 2.71. The minimum atomic E-state index is -0.547. The van der Waals surface area contributed by atoms with Crippen LogP contribution >= 0.6 is 15.9 Å². The van der Waals surface area contributed by atoms with Crippen LogP contribution in [0.15, 0.2) is 34.9 Å². The molecule has 2 N–H and O–H groups in total. The average molecular weight is 321 g/mol. The standard InChI is InChI=1S/C14H13BrN2O2/c1-8-5-6-17-14(12(8)13(16)18)19-10-3-4-11(15)9(2)7-10/h3-7H,1-2H3,(H2,16,18). The fourth-order valence-electron chi connectivity index (χ4n) is 1.70. The maximum atomic E-state index is 11.4. The molecule has 0 aliphatic heterocycles. The lowest BCUT2D eigenvalue weighted by atomic mass is 10.1. The van der Waals surface area contributed by atoms with Crippen LogP contribution in [0, 0.1) is 13.8 Å². The van der Waals surface area contributed by atoms with Crippen LogP contribution in [0.2, 0.25) is 0 Å². The Kier molecular flexibility index (Phi) is 3.85. The van der Waals surface area contributed by atoms with Crippen molar-refractivity contribution in [3.8, 4) is 11.6 Å². The molecule has 4 nitrogen and oxygen atoms in total. The molecule has 1 amide bonds. The summed E-state index contributed by atoms with van der Waals surface area (Å²) >= 11 is 3.42. The van der Waals surface area contributed by atoms with E-state index in [4.69, 9.17) is 10.5 Å². The first-order chi connectivity index (χ1) is 8.99. The number of aryl methyl sites for hydroxylation is 2. The number of hydrogen-bond acceptors (Lipinski definition) is 3. The summed E-state index contributed by atoms with van der Waals surface area (Å²) in [6.45, 7) is 3.75. The number of nitrogens with zero attached hydrogens (tertiary/aromatic N) is 1. The Balaban J connectivity index is 2.40. The quantitative estimate of drug-likeness (QED) is 0.943. The summed E-state index contributed by atoms with van der Waals surface area (Å²) in [7, 11) is 0. The highest BCUT2D eigenvalue weighted by Gasteiger charge is 2.14. The number of nitrogens with two attached hydrogens (primary N) is 1. The zero-order valence-electron chi connectivity index (χ0n) is 10.6. The van der Waals surface area contributed by atoms with Gasteiger partial charge in [-0.25, -0.2) is 4.98 Å². The summed E-state index contributed by atoms with van der Waals surface area (Å²) < 4.78 is 6.65. The van der Waals surface area contributed by atoms with Gasteiger partial charge < -0.3 is 10.5 Å². The predicted molar refractivity (Wildman–Crippen MR) is 76.4 cm³/mol. The van der Waals surface area contributed by atoms with E-state index in [9.17, 15) is 4.79 Å². The van der Waals surface area contributed by atoms with E-state index in [2.05, 4.69) is 20.9 Å². The molecule has 0 aliphatic carbocycles. The first-order valence-electron chi connectivity index (χ1n) is 5.68. The van der Waals surface area contributed by atoms with Crippen molar-refractivity contribution in [2.75, 3.05) is 0 Å². The number of benzene rings is 1. The Labute approximate surface area is 119 Å². The van der Waals surface area contributed by atoms with Gasteiger partial charge in [-0.2, -0.15) is 0 Å². The van der Waals surface area contributed by atoms with Crippen LogP contribution < -0.4 is 10.5 Å². The molecule has 5 heteroatoms. The number of halogens is 1. The van der Waals surface area contributed by atoms with Crippen LogP contribution in [0.4, 0.5) is 0 Å². The zero-order valence-corrected chi connectivity index (χ0v) is 12.2. The molecule has 0 bridgehead atoms. The fourth-order valence-corrected chi connectivity index (χ4v) is 1.95. The monoisotopic (exact) mass is 320 g/mol. The van der Waals surface area contributed by atoms with E-state index < -0.39 is 5.91 Å². The van der Waals surface area contributed by atoms with E-state index >= 15 is 0 Å². The number of ether oxygens (including phenoxy) is 1. The van der Waals surface area contributed by atoms with Crippen LogP contribution in [0.3, 0.4) is 0 Å². The van der Waals surface area contributed by atoms with Crippen molar-refractivity contribution in [3.05, 3.63) is 51.6 Å². The Morgan fingerprint density at radius 3 is 2.63 bits per heavy atom. The number of carbonyl (C=O) groups is 1. The lowest BCUT2D eigenvalue weighted by Crippen LogP contribution is -2.14. The van der Waals surface area contributed by atoms with E-state index in [-0.39, 0.29) is 5.88 Å². The molecule has 1 aromatic carbocycles. The molecule has 98 valence electrons. The number of pyridine rings is 1. The number of hydrogen-bond donors (Lipinski definition) is 1. The minimum absolute atomic E-state index is 0.231. The lowest BCUT2D eigenvalue weighted by Gasteiger charge is -2.10. The van der Waals surface area contributed by atoms with E-state index in [1.807, 2.05) is 19.1 Å². The number of primary amides is 1. The van der Waals surface area contributed by atoms with Gasteiger partial charge in [-0.1, -0.05) is 15.9 Å². The minimum Gasteiger partial charge on any atom is -0.438 e. The van der Waals surface area contributed by atoms with Crippen molar-refractivity contribution < 1.29 is 9.53 Å². The fraction of sp³-hybridized carbons (Fsp3) is 0.143. The highest BCUT2D eigenvalue weighted by Crippen LogP contribution is 2.28. The summed E-state index contributed by atoms with van der Waals surface area (Å²) in [6, 6.07) is 7.26. The summed E-state index contributed by atoms with van der Waals surface area (Å²) in [6.07, 6.45) is 1.59. The van der Waals surface area contributed by atoms with Gasteiger partial charge in [0.2, 0.25) is 5.88 Å². The molecular formula is C14H13BrN2O2. The summed E-state index contributed by atoms with van der Waals surface area (Å²) in [5.41, 5.74) is 7.44. The van der Waals surface area contributed by atoms with Crippen LogP contribution in [-0.4, -0.2) is 10.9 Å². The molecule has 2 rings (SSSR count). The molecule has 0 unspecified atom stereocenters. The Morgan fingerprint density at radius 2 is 2.00 bits per heavy atom. The van der Waals surface area contributed by atoms with Crippen LogP contribution in [0.5, 0.6) is 11.6 Å². The highest BCUT2D eigenvalue weighted by molar-refractivity contribution is 9.10. The van der Waals surface area contributed by atoms with Crippen molar-refractivity contribution in [1.82, 2.24) is 4.98 Å². The Hall–Kier alpha value is -1.88. The zero-order chi connectivity index (χ0) is 14.0. The second kappa shape index (κ2) is 5.40. The van der Waals surface area contributed by atoms with Gasteiger partial charge in [-0.05, 0) is 49.2 Å². The predicted octanol–water partition coefficient (Wildman–Crippen LogP) is 3.35. The van der Waals surface area contributed by atoms with Gasteiger partial charge in [0.15, 0.2) is 0 Å². The topological polar surface area (TPSA) is 65.2 Å². The Bertz CT molecular complexity index is 641. The van der Waals surface area contributed by atoms with Crippen molar-refractivity contribution in [1.29, 1.82) is 0 Å². The van der Waals surface area contributed by atoms with E-state index in [1.54, 1.807) is 25.3 Å². The highest BCUT2D eigenvalue weighted by atomic mass is 79.9. The Morgan fingerprint density at radius 1 is 1.26 bits per heavy atom. The molecule has 0 fully saturated rings. The molecule has 19 heavy (non-hydrogen) atoms. The van der Waals surface area contributed by atoms with Gasteiger partial charge in [-0.3, -0.25) is 4.79 Å². The molecular weight excluding hydrogens is 308 g/mol. The van der Waals surface area contributed by atoms with Gasteiger partial charge in [0.25, 0.3) is 5.91 Å². The van der Waals surface area contributed by atoms with Gasteiger partial charge in [0, 0.05) is 10.7 Å². The summed E-state index contributed by atoms with van der Waals surface area (Å²) in [5, 5.41) is 0. The third kappa shape index (κ3) is 2.93. The first kappa shape index (κ1) is 13.5. The molecule has 1 aromatic heterocycles. The molecule has 0 spiro atoms. The maximum Gasteiger partial charge on any atom is 0.254 e. The first-order valence-corrected chi connectivity index (χ1v) is 6.47. The smallest absolute Gasteiger partial charge is 0.254 e. The largest absolute Gasteiger partial charge is 0.438 e. The number of amides is 1. The van der Waals surface area contributed by atoms with Crippen molar-refractivity contribution in [3.63, 3.8) is 0 Å². The molecule has 0 saturated heterocycles. The lowest BCUT2D eigenvalue weighted by molar-refractivity contribution is 0.0997. The maximum absolute atomic E-state index is 11.4. The van der Waals surface area contributed by atoms with Gasteiger partial charge in [0.1, 0.15) is 11.3 Å². The van der Waals surface area contributed by atoms with E-state index in [1.165, 1.54) is 0 Å². The van der Waals surface area contributed by atoms with Crippen LogP contribution in [-0.2, 0) is 0 Å². The number of carbonyl (C=O) groups excluding carboxylic acids is 1. The molecule has 0 aliphatic rings. The van der Waals surface area contributed by atoms with E-state index in [0.717, 1.165) is 15.6 Å². The van der Waals surface area contributed by atoms with E-state index in [0.29, 0.717) is 11.3 Å². The molecule has 0 atom stereocenters. The normalized spacial score (nSPS) is 10.3. The van der Waals surface area contributed by atoms with Crippen molar-refractivity contribution in [2.24, 2.45) is 5.73 Å². The van der Waals surface area contributed by atoms with Crippen LogP contribution in [0.25, 0.3) is 0 Å². The SMILES string of the molecule is Cc1cc(Oc2nccc(C)c2C(N)=O)ccc1Br. The average Bonchev–Trinajstić information content (AvgIpc) is 2.33. The summed E-state index contributed by atoms with van der Waals surface area (Å²) in [4.78, 5) is 15.5. The molecule has 0 saturated carbocycles. The number of aromatic nitrogens is 1. The second-order valence-electron chi connectivity index (χ2n) is 4.19. The van der Waals surface area contributed by atoms with Gasteiger partial charge in [-0.15, -0.1) is 0 Å². The van der Waals surface area contributed by atoms with Gasteiger partial charge >= 0.3 is 0 Å². The van der Waals surface area contributed by atoms with Crippen LogP contribution in [0.1, 0.15) is 21.5 Å². The summed E-state index contributed by atoms with van der Waals surface area (Å²) in [5.74, 6) is 0.296. The third-order valence-corrected chi connectivity index (χ3v) is 3.60. The second-order valence-corrected chi connectivity index (χ2v) is 5.04.